The van der Waals surface area contributed by atoms with Gasteiger partial charge < -0.3 is 10.8 Å². The van der Waals surface area contributed by atoms with E-state index in [-0.39, 0.29) is 17.6 Å². The van der Waals surface area contributed by atoms with Crippen molar-refractivity contribution in [1.82, 2.24) is 0 Å². The van der Waals surface area contributed by atoms with Crippen LogP contribution < -0.4 is 5.73 Å². The summed E-state index contributed by atoms with van der Waals surface area (Å²) in [5.74, 6) is 0.341. The molecule has 3 N–H and O–H groups in total. The predicted octanol–water partition coefficient (Wildman–Crippen LogP) is 3.23. The number of Topliss-reactive ketones (excluding diaryl/α,β-unsaturated/α-hetero) is 1. The van der Waals surface area contributed by atoms with Crippen LogP contribution in [0.15, 0.2) is 48.5 Å². The Bertz CT molecular complexity index is 588. The molecule has 0 fully saturated rings. The average Bonchev–Trinajstić information content (AvgIpc) is 2.46. The summed E-state index contributed by atoms with van der Waals surface area (Å²) in [6.07, 6.45) is 1.10. The zero-order valence-corrected chi connectivity index (χ0v) is 11.5. The average molecular weight is 269 g/mol. The van der Waals surface area contributed by atoms with Crippen LogP contribution in [0.1, 0.15) is 40.9 Å². The first-order valence-corrected chi connectivity index (χ1v) is 6.73. The second-order valence-electron chi connectivity index (χ2n) is 4.97. The summed E-state index contributed by atoms with van der Waals surface area (Å²) in [7, 11) is 0. The highest BCUT2D eigenvalue weighted by molar-refractivity contribution is 5.97. The second kappa shape index (κ2) is 6.35. The number of carbonyl (C=O) groups excluding carboxylic acids is 1. The molecule has 3 heteroatoms. The molecule has 0 aromatic heterocycles. The van der Waals surface area contributed by atoms with Crippen molar-refractivity contribution in [3.63, 3.8) is 0 Å². The summed E-state index contributed by atoms with van der Waals surface area (Å²) in [5, 5.41) is 9.23. The summed E-state index contributed by atoms with van der Waals surface area (Å²) in [6, 6.07) is 14.3. The van der Waals surface area contributed by atoms with Gasteiger partial charge in [0.2, 0.25) is 0 Å². The summed E-state index contributed by atoms with van der Waals surface area (Å²) >= 11 is 0. The van der Waals surface area contributed by atoms with Gasteiger partial charge in [0.25, 0.3) is 0 Å². The highest BCUT2D eigenvalue weighted by atomic mass is 16.3. The Labute approximate surface area is 119 Å². The van der Waals surface area contributed by atoms with E-state index in [0.29, 0.717) is 18.4 Å². The molecule has 104 valence electrons. The van der Waals surface area contributed by atoms with Gasteiger partial charge in [-0.05, 0) is 36.6 Å². The highest BCUT2D eigenvalue weighted by Crippen LogP contribution is 2.19. The van der Waals surface area contributed by atoms with Crippen molar-refractivity contribution in [3.8, 4) is 5.75 Å². The number of hydrogen-bond acceptors (Lipinski definition) is 3. The molecular weight excluding hydrogens is 250 g/mol. The molecule has 0 heterocycles. The zero-order valence-electron chi connectivity index (χ0n) is 11.5. The van der Waals surface area contributed by atoms with Crippen molar-refractivity contribution in [2.75, 3.05) is 0 Å². The molecule has 2 aromatic carbocycles. The molecule has 0 saturated heterocycles. The van der Waals surface area contributed by atoms with E-state index in [1.807, 2.05) is 43.3 Å². The van der Waals surface area contributed by atoms with Crippen molar-refractivity contribution in [2.45, 2.75) is 25.8 Å². The van der Waals surface area contributed by atoms with Crippen LogP contribution in [0.2, 0.25) is 0 Å². The van der Waals surface area contributed by atoms with Gasteiger partial charge in [-0.3, -0.25) is 4.79 Å². The third-order valence-electron chi connectivity index (χ3n) is 3.33. The number of aromatic hydroxyl groups is 1. The van der Waals surface area contributed by atoms with Crippen LogP contribution in [0.4, 0.5) is 0 Å². The molecule has 2 aromatic rings. The molecule has 1 atom stereocenters. The van der Waals surface area contributed by atoms with Gasteiger partial charge in [0.05, 0.1) is 0 Å². The number of phenols is 1. The van der Waals surface area contributed by atoms with Crippen molar-refractivity contribution in [2.24, 2.45) is 5.73 Å². The SMILES string of the molecule is CC(N)c1ccccc1C(=O)CCc1ccc(O)cc1. The van der Waals surface area contributed by atoms with Crippen molar-refractivity contribution in [1.29, 1.82) is 0 Å². The van der Waals surface area contributed by atoms with Crippen molar-refractivity contribution < 1.29 is 9.90 Å². The third-order valence-corrected chi connectivity index (χ3v) is 3.33. The van der Waals surface area contributed by atoms with Crippen molar-refractivity contribution in [3.05, 3.63) is 65.2 Å². The van der Waals surface area contributed by atoms with Crippen molar-refractivity contribution >= 4 is 5.78 Å². The van der Waals surface area contributed by atoms with Gasteiger partial charge in [0, 0.05) is 18.0 Å². The quantitative estimate of drug-likeness (QED) is 0.819. The second-order valence-corrected chi connectivity index (χ2v) is 4.97. The first kappa shape index (κ1) is 14.3. The molecule has 20 heavy (non-hydrogen) atoms. The number of hydrogen-bond donors (Lipinski definition) is 2. The molecule has 0 amide bonds. The molecule has 3 nitrogen and oxygen atoms in total. The fraction of sp³-hybridized carbons (Fsp3) is 0.235. The number of phenolic OH excluding ortho intramolecular Hbond substituents is 1. The van der Waals surface area contributed by atoms with Crippen LogP contribution in [0, 0.1) is 0 Å². The van der Waals surface area contributed by atoms with Gasteiger partial charge in [-0.2, -0.15) is 0 Å². The largest absolute Gasteiger partial charge is 0.508 e. The minimum absolute atomic E-state index is 0.103. The molecule has 0 saturated carbocycles. The zero-order chi connectivity index (χ0) is 14.5. The van der Waals surface area contributed by atoms with Gasteiger partial charge in [0.15, 0.2) is 5.78 Å². The maximum absolute atomic E-state index is 12.3. The van der Waals surface area contributed by atoms with Crippen LogP contribution in [0.25, 0.3) is 0 Å². The first-order valence-electron chi connectivity index (χ1n) is 6.73. The number of aryl methyl sites for hydroxylation is 1. The maximum atomic E-state index is 12.3. The monoisotopic (exact) mass is 269 g/mol. The molecule has 0 radical (unpaired) electrons. The first-order chi connectivity index (χ1) is 9.58. The Balaban J connectivity index is 2.07. The van der Waals surface area contributed by atoms with E-state index in [0.717, 1.165) is 11.1 Å². The van der Waals surface area contributed by atoms with Gasteiger partial charge in [0.1, 0.15) is 5.75 Å². The lowest BCUT2D eigenvalue weighted by atomic mass is 9.95. The molecule has 0 aliphatic heterocycles. The smallest absolute Gasteiger partial charge is 0.163 e. The lowest BCUT2D eigenvalue weighted by Gasteiger charge is -2.11. The van der Waals surface area contributed by atoms with E-state index in [1.165, 1.54) is 0 Å². The summed E-state index contributed by atoms with van der Waals surface area (Å²) in [6.45, 7) is 1.88. The summed E-state index contributed by atoms with van der Waals surface area (Å²) in [5.41, 5.74) is 8.53. The molecule has 0 bridgehead atoms. The fourth-order valence-corrected chi connectivity index (χ4v) is 2.20. The maximum Gasteiger partial charge on any atom is 0.163 e. The molecule has 0 aliphatic carbocycles. The van der Waals surface area contributed by atoms with E-state index >= 15 is 0 Å². The van der Waals surface area contributed by atoms with Crippen LogP contribution in [0.3, 0.4) is 0 Å². The normalized spacial score (nSPS) is 12.1. The standard InChI is InChI=1S/C17H19NO2/c1-12(18)15-4-2-3-5-16(15)17(20)11-8-13-6-9-14(19)10-7-13/h2-7,9-10,12,19H,8,11,18H2,1H3. The Hall–Kier alpha value is -2.13. The minimum Gasteiger partial charge on any atom is -0.508 e. The number of benzene rings is 2. The van der Waals surface area contributed by atoms with E-state index in [1.54, 1.807) is 12.1 Å². The predicted molar refractivity (Wildman–Crippen MR) is 79.8 cm³/mol. The Kier molecular flexibility index (Phi) is 4.53. The van der Waals surface area contributed by atoms with Crippen LogP contribution >= 0.6 is 0 Å². The number of nitrogens with two attached hydrogens (primary N) is 1. The molecule has 1 unspecified atom stereocenters. The fourth-order valence-electron chi connectivity index (χ4n) is 2.20. The molecule has 0 spiro atoms. The Morgan fingerprint density at radius 3 is 2.45 bits per heavy atom. The third kappa shape index (κ3) is 3.45. The number of carbonyl (C=O) groups is 1. The van der Waals surface area contributed by atoms with Gasteiger partial charge in [-0.25, -0.2) is 0 Å². The Morgan fingerprint density at radius 2 is 1.80 bits per heavy atom. The highest BCUT2D eigenvalue weighted by Gasteiger charge is 2.13. The minimum atomic E-state index is -0.149. The molecule has 0 aliphatic rings. The van der Waals surface area contributed by atoms with Crippen LogP contribution in [0.5, 0.6) is 5.75 Å². The number of ketones is 1. The van der Waals surface area contributed by atoms with Gasteiger partial charge >= 0.3 is 0 Å². The van der Waals surface area contributed by atoms with Crippen LogP contribution in [-0.4, -0.2) is 10.9 Å². The lowest BCUT2D eigenvalue weighted by Crippen LogP contribution is -2.12. The lowest BCUT2D eigenvalue weighted by molar-refractivity contribution is 0.0981. The Morgan fingerprint density at radius 1 is 1.15 bits per heavy atom. The summed E-state index contributed by atoms with van der Waals surface area (Å²) in [4.78, 5) is 12.3. The van der Waals surface area contributed by atoms with Crippen LogP contribution in [-0.2, 0) is 6.42 Å². The topological polar surface area (TPSA) is 63.3 Å². The number of rotatable bonds is 5. The van der Waals surface area contributed by atoms with E-state index in [2.05, 4.69) is 0 Å². The van der Waals surface area contributed by atoms with Gasteiger partial charge in [-0.1, -0.05) is 36.4 Å². The summed E-state index contributed by atoms with van der Waals surface area (Å²) < 4.78 is 0. The van der Waals surface area contributed by atoms with E-state index in [9.17, 15) is 9.90 Å². The van der Waals surface area contributed by atoms with E-state index in [4.69, 9.17) is 5.73 Å². The molecular formula is C17H19NO2. The van der Waals surface area contributed by atoms with E-state index < -0.39 is 0 Å². The van der Waals surface area contributed by atoms with Gasteiger partial charge in [-0.15, -0.1) is 0 Å². The molecule has 2 rings (SSSR count).